The van der Waals surface area contributed by atoms with E-state index in [2.05, 4.69) is 46.3 Å². The minimum atomic E-state index is -0.242. The van der Waals surface area contributed by atoms with Gasteiger partial charge in [-0.25, -0.2) is 4.79 Å². The van der Waals surface area contributed by atoms with Gasteiger partial charge in [-0.1, -0.05) is 42.5 Å². The van der Waals surface area contributed by atoms with Crippen molar-refractivity contribution in [1.29, 1.82) is 0 Å². The summed E-state index contributed by atoms with van der Waals surface area (Å²) in [5.41, 5.74) is 6.23. The van der Waals surface area contributed by atoms with Gasteiger partial charge in [0.2, 0.25) is 5.91 Å². The number of benzene rings is 3. The highest BCUT2D eigenvalue weighted by Gasteiger charge is 2.11. The number of carbonyl (C=O) groups is 2. The number of carbonyl (C=O) groups excluding carboxylic acids is 2. The normalized spacial score (nSPS) is 12.3. The Balaban J connectivity index is 1.28. The predicted octanol–water partition coefficient (Wildman–Crippen LogP) is 4.64. The molecule has 3 aromatic rings. The lowest BCUT2D eigenvalue weighted by atomic mass is 9.98. The number of anilines is 1. The number of rotatable bonds is 6. The van der Waals surface area contributed by atoms with Crippen LogP contribution in [0.5, 0.6) is 5.75 Å². The third-order valence-corrected chi connectivity index (χ3v) is 5.35. The van der Waals surface area contributed by atoms with Crippen molar-refractivity contribution >= 4 is 17.6 Å². The minimum Gasteiger partial charge on any atom is -0.493 e. The number of hydrogen-bond donors (Lipinski definition) is 3. The van der Waals surface area contributed by atoms with Crippen LogP contribution in [0, 0.1) is 0 Å². The molecule has 32 heavy (non-hydrogen) atoms. The van der Waals surface area contributed by atoms with Gasteiger partial charge in [-0.15, -0.1) is 0 Å². The Kier molecular flexibility index (Phi) is 6.70. The summed E-state index contributed by atoms with van der Waals surface area (Å²) in [4.78, 5) is 23.3. The first-order valence-corrected chi connectivity index (χ1v) is 10.8. The number of amides is 3. The molecular formula is C26H27N3O3. The van der Waals surface area contributed by atoms with E-state index in [1.165, 1.54) is 18.1 Å². The Bertz CT molecular complexity index is 1110. The lowest BCUT2D eigenvalue weighted by molar-refractivity contribution is -0.114. The molecule has 0 radical (unpaired) electrons. The van der Waals surface area contributed by atoms with Crippen molar-refractivity contribution in [2.75, 3.05) is 11.9 Å². The van der Waals surface area contributed by atoms with Crippen molar-refractivity contribution in [1.82, 2.24) is 10.6 Å². The monoisotopic (exact) mass is 429 g/mol. The molecule has 0 aliphatic carbocycles. The fourth-order valence-corrected chi connectivity index (χ4v) is 3.74. The molecule has 6 nitrogen and oxygen atoms in total. The van der Waals surface area contributed by atoms with E-state index < -0.39 is 0 Å². The standard InChI is InChI=1S/C26H27N3O3/c1-18(30)29-24-6-2-4-20(14-24)17-28-26(31)27-16-19-7-9-21(10-8-19)22-11-12-25-23(15-22)5-3-13-32-25/h2,4,6-12,14-15H,3,5,13,16-17H2,1H3,(H,29,30)(H2,27,28,31). The van der Waals surface area contributed by atoms with Gasteiger partial charge in [-0.05, 0) is 64.9 Å². The second-order valence-electron chi connectivity index (χ2n) is 7.89. The summed E-state index contributed by atoms with van der Waals surface area (Å²) in [6.45, 7) is 3.08. The van der Waals surface area contributed by atoms with Crippen molar-refractivity contribution in [3.8, 4) is 16.9 Å². The van der Waals surface area contributed by atoms with Crippen LogP contribution in [0.15, 0.2) is 66.7 Å². The van der Waals surface area contributed by atoms with E-state index in [1.807, 2.05) is 36.4 Å². The first-order chi connectivity index (χ1) is 15.6. The first kappa shape index (κ1) is 21.4. The number of aryl methyl sites for hydroxylation is 1. The summed E-state index contributed by atoms with van der Waals surface area (Å²) in [5, 5.41) is 8.46. The van der Waals surface area contributed by atoms with Gasteiger partial charge in [-0.2, -0.15) is 0 Å². The molecule has 0 fully saturated rings. The molecule has 1 aliphatic heterocycles. The van der Waals surface area contributed by atoms with E-state index in [0.29, 0.717) is 18.8 Å². The second kappa shape index (κ2) is 10.0. The zero-order valence-corrected chi connectivity index (χ0v) is 18.1. The molecule has 0 atom stereocenters. The smallest absolute Gasteiger partial charge is 0.315 e. The van der Waals surface area contributed by atoms with Crippen LogP contribution in [0.2, 0.25) is 0 Å². The summed E-state index contributed by atoms with van der Waals surface area (Å²) in [7, 11) is 0. The van der Waals surface area contributed by atoms with E-state index in [9.17, 15) is 9.59 Å². The van der Waals surface area contributed by atoms with Crippen LogP contribution in [-0.2, 0) is 24.3 Å². The van der Waals surface area contributed by atoms with Gasteiger partial charge in [0.25, 0.3) is 0 Å². The van der Waals surface area contributed by atoms with Gasteiger partial charge in [0, 0.05) is 25.7 Å². The van der Waals surface area contributed by atoms with E-state index >= 15 is 0 Å². The molecule has 0 unspecified atom stereocenters. The van der Waals surface area contributed by atoms with Crippen LogP contribution in [-0.4, -0.2) is 18.5 Å². The minimum absolute atomic E-state index is 0.125. The molecule has 0 saturated heterocycles. The lowest BCUT2D eigenvalue weighted by Crippen LogP contribution is -2.34. The summed E-state index contributed by atoms with van der Waals surface area (Å²) < 4.78 is 5.69. The number of fused-ring (bicyclic) bond motifs is 1. The number of hydrogen-bond acceptors (Lipinski definition) is 3. The molecule has 1 aliphatic rings. The third-order valence-electron chi connectivity index (χ3n) is 5.35. The van der Waals surface area contributed by atoms with E-state index in [4.69, 9.17) is 4.74 Å². The molecule has 0 aromatic heterocycles. The Labute approximate surface area is 188 Å². The van der Waals surface area contributed by atoms with Gasteiger partial charge in [0.1, 0.15) is 5.75 Å². The molecule has 0 bridgehead atoms. The molecule has 1 heterocycles. The highest BCUT2D eigenvalue weighted by Crippen LogP contribution is 2.30. The quantitative estimate of drug-likeness (QED) is 0.534. The Hall–Kier alpha value is -3.80. The molecular weight excluding hydrogens is 402 g/mol. The van der Waals surface area contributed by atoms with Crippen LogP contribution in [0.4, 0.5) is 10.5 Å². The van der Waals surface area contributed by atoms with E-state index in [-0.39, 0.29) is 11.9 Å². The maximum absolute atomic E-state index is 12.2. The molecule has 4 rings (SSSR count). The maximum Gasteiger partial charge on any atom is 0.315 e. The van der Waals surface area contributed by atoms with E-state index in [1.54, 1.807) is 0 Å². The van der Waals surface area contributed by atoms with Crippen molar-refractivity contribution in [2.45, 2.75) is 32.9 Å². The molecule has 3 amide bonds. The predicted molar refractivity (Wildman–Crippen MR) is 126 cm³/mol. The van der Waals surface area contributed by atoms with Gasteiger partial charge in [-0.3, -0.25) is 4.79 Å². The molecule has 3 N–H and O–H groups in total. The van der Waals surface area contributed by atoms with Crippen LogP contribution < -0.4 is 20.7 Å². The van der Waals surface area contributed by atoms with Gasteiger partial charge in [0.15, 0.2) is 0 Å². The Morgan fingerprint density at radius 1 is 0.875 bits per heavy atom. The Morgan fingerprint density at radius 2 is 1.62 bits per heavy atom. The van der Waals surface area contributed by atoms with Crippen LogP contribution >= 0.6 is 0 Å². The average Bonchev–Trinajstić information content (AvgIpc) is 2.81. The summed E-state index contributed by atoms with van der Waals surface area (Å²) in [6.07, 6.45) is 2.11. The van der Waals surface area contributed by atoms with Gasteiger partial charge < -0.3 is 20.7 Å². The van der Waals surface area contributed by atoms with E-state index in [0.717, 1.165) is 41.9 Å². The third kappa shape index (κ3) is 5.66. The maximum atomic E-state index is 12.2. The van der Waals surface area contributed by atoms with Crippen LogP contribution in [0.3, 0.4) is 0 Å². The fourth-order valence-electron chi connectivity index (χ4n) is 3.74. The topological polar surface area (TPSA) is 79.5 Å². The lowest BCUT2D eigenvalue weighted by Gasteiger charge is -2.18. The largest absolute Gasteiger partial charge is 0.493 e. The molecule has 3 aromatic carbocycles. The molecule has 6 heteroatoms. The summed E-state index contributed by atoms with van der Waals surface area (Å²) >= 11 is 0. The number of nitrogens with one attached hydrogen (secondary N) is 3. The highest BCUT2D eigenvalue weighted by atomic mass is 16.5. The fraction of sp³-hybridized carbons (Fsp3) is 0.231. The van der Waals surface area contributed by atoms with Gasteiger partial charge >= 0.3 is 6.03 Å². The zero-order valence-electron chi connectivity index (χ0n) is 18.1. The summed E-state index contributed by atoms with van der Waals surface area (Å²) in [5.74, 6) is 0.869. The molecule has 164 valence electrons. The first-order valence-electron chi connectivity index (χ1n) is 10.8. The molecule has 0 spiro atoms. The summed E-state index contributed by atoms with van der Waals surface area (Å²) in [6, 6.07) is 21.7. The average molecular weight is 430 g/mol. The molecule has 0 saturated carbocycles. The van der Waals surface area contributed by atoms with Crippen LogP contribution in [0.1, 0.15) is 30.0 Å². The van der Waals surface area contributed by atoms with Crippen molar-refractivity contribution in [3.63, 3.8) is 0 Å². The zero-order chi connectivity index (χ0) is 22.3. The van der Waals surface area contributed by atoms with Crippen molar-refractivity contribution in [2.24, 2.45) is 0 Å². The van der Waals surface area contributed by atoms with Gasteiger partial charge in [0.05, 0.1) is 6.61 Å². The van der Waals surface area contributed by atoms with Crippen molar-refractivity contribution in [3.05, 3.63) is 83.4 Å². The number of urea groups is 1. The number of ether oxygens (including phenoxy) is 1. The Morgan fingerprint density at radius 3 is 2.41 bits per heavy atom. The SMILES string of the molecule is CC(=O)Nc1cccc(CNC(=O)NCc2ccc(-c3ccc4c(c3)CCCO4)cc2)c1. The second-order valence-corrected chi connectivity index (χ2v) is 7.89. The highest BCUT2D eigenvalue weighted by molar-refractivity contribution is 5.88. The van der Waals surface area contributed by atoms with Crippen molar-refractivity contribution < 1.29 is 14.3 Å². The van der Waals surface area contributed by atoms with Crippen LogP contribution in [0.25, 0.3) is 11.1 Å².